The Morgan fingerprint density at radius 3 is 2.81 bits per heavy atom. The summed E-state index contributed by atoms with van der Waals surface area (Å²) in [7, 11) is 0. The van der Waals surface area contributed by atoms with Crippen molar-refractivity contribution in [1.82, 2.24) is 5.32 Å². The predicted octanol–water partition coefficient (Wildman–Crippen LogP) is 2.48. The zero-order valence-corrected chi connectivity index (χ0v) is 12.0. The maximum Gasteiger partial charge on any atom is 0.254 e. The lowest BCUT2D eigenvalue weighted by Gasteiger charge is -2.11. The van der Waals surface area contributed by atoms with Gasteiger partial charge in [0.25, 0.3) is 5.91 Å². The van der Waals surface area contributed by atoms with Crippen LogP contribution in [0.15, 0.2) is 18.2 Å². The Hall–Kier alpha value is -1.86. The molecule has 1 fully saturated rings. The molecule has 0 atom stereocenters. The van der Waals surface area contributed by atoms with E-state index in [1.54, 1.807) is 6.07 Å². The van der Waals surface area contributed by atoms with Gasteiger partial charge in [0.15, 0.2) is 0 Å². The van der Waals surface area contributed by atoms with Crippen LogP contribution in [0.1, 0.15) is 48.0 Å². The molecule has 21 heavy (non-hydrogen) atoms. The summed E-state index contributed by atoms with van der Waals surface area (Å²) in [6, 6.07) is 4.34. The van der Waals surface area contributed by atoms with Gasteiger partial charge in [0.2, 0.25) is 0 Å². The number of rotatable bonds is 4. The third kappa shape index (κ3) is 4.57. The molecule has 4 heteroatoms. The summed E-state index contributed by atoms with van der Waals surface area (Å²) in [5, 5.41) is 11.4. The Morgan fingerprint density at radius 2 is 2.14 bits per heavy atom. The molecule has 0 spiro atoms. The molecule has 0 unspecified atom stereocenters. The number of halogens is 1. The molecule has 0 radical (unpaired) electrons. The zero-order valence-electron chi connectivity index (χ0n) is 12.0. The van der Waals surface area contributed by atoms with Crippen LogP contribution in [0.25, 0.3) is 0 Å². The largest absolute Gasteiger partial charge is 0.395 e. The first-order chi connectivity index (χ1) is 10.2. The average molecular weight is 289 g/mol. The number of aliphatic hydroxyl groups is 1. The number of carbonyl (C=O) groups excluding carboxylic acids is 1. The van der Waals surface area contributed by atoms with Crippen molar-refractivity contribution in [3.05, 3.63) is 35.1 Å². The number of benzene rings is 1. The van der Waals surface area contributed by atoms with Crippen molar-refractivity contribution < 1.29 is 14.3 Å². The number of amides is 1. The van der Waals surface area contributed by atoms with Gasteiger partial charge in [-0.05, 0) is 37.0 Å². The summed E-state index contributed by atoms with van der Waals surface area (Å²) in [6.07, 6.45) is 5.07. The number of hydrogen-bond donors (Lipinski definition) is 2. The van der Waals surface area contributed by atoms with Gasteiger partial charge in [-0.1, -0.05) is 24.7 Å². The fourth-order valence-corrected chi connectivity index (χ4v) is 2.54. The van der Waals surface area contributed by atoms with Crippen LogP contribution in [-0.2, 0) is 0 Å². The normalized spacial score (nSPS) is 14.6. The summed E-state index contributed by atoms with van der Waals surface area (Å²) in [6.45, 7) is 0.605. The molecule has 0 aliphatic heterocycles. The summed E-state index contributed by atoms with van der Waals surface area (Å²) in [5.74, 6) is 5.07. The molecule has 0 saturated heterocycles. The van der Waals surface area contributed by atoms with Crippen LogP contribution >= 0.6 is 0 Å². The Labute approximate surface area is 124 Å². The zero-order chi connectivity index (χ0) is 15.1. The fraction of sp³-hybridized carbons (Fsp3) is 0.471. The van der Waals surface area contributed by atoms with E-state index in [2.05, 4.69) is 17.2 Å². The number of nitrogens with one attached hydrogen (secondary N) is 1. The van der Waals surface area contributed by atoms with Gasteiger partial charge in [-0.25, -0.2) is 4.39 Å². The lowest BCUT2D eigenvalue weighted by atomic mass is 10.1. The molecule has 112 valence electrons. The third-order valence-electron chi connectivity index (χ3n) is 3.71. The van der Waals surface area contributed by atoms with E-state index in [9.17, 15) is 9.18 Å². The van der Waals surface area contributed by atoms with Crippen LogP contribution in [-0.4, -0.2) is 24.2 Å². The van der Waals surface area contributed by atoms with E-state index in [0.29, 0.717) is 24.4 Å². The molecule has 1 aromatic carbocycles. The van der Waals surface area contributed by atoms with Crippen LogP contribution in [0.2, 0.25) is 0 Å². The molecule has 2 N–H and O–H groups in total. The Bertz CT molecular complexity index is 554. The number of carbonyl (C=O) groups is 1. The first-order valence-electron chi connectivity index (χ1n) is 7.38. The molecular weight excluding hydrogens is 269 g/mol. The van der Waals surface area contributed by atoms with E-state index >= 15 is 0 Å². The number of hydrogen-bond acceptors (Lipinski definition) is 2. The highest BCUT2D eigenvalue weighted by molar-refractivity contribution is 5.94. The Balaban J connectivity index is 1.96. The summed E-state index contributed by atoms with van der Waals surface area (Å²) < 4.78 is 13.9. The SMILES string of the molecule is O=C(NCC1CCCC1)c1ccc(C#CCCO)cc1F. The highest BCUT2D eigenvalue weighted by Gasteiger charge is 2.17. The minimum Gasteiger partial charge on any atom is -0.395 e. The molecule has 3 nitrogen and oxygen atoms in total. The van der Waals surface area contributed by atoms with Crippen molar-refractivity contribution in [2.24, 2.45) is 5.92 Å². The minimum absolute atomic E-state index is 0.0167. The topological polar surface area (TPSA) is 49.3 Å². The highest BCUT2D eigenvalue weighted by Crippen LogP contribution is 2.23. The van der Waals surface area contributed by atoms with Gasteiger partial charge in [0.05, 0.1) is 12.2 Å². The molecule has 1 saturated carbocycles. The van der Waals surface area contributed by atoms with Crippen molar-refractivity contribution in [2.45, 2.75) is 32.1 Å². The Morgan fingerprint density at radius 1 is 1.38 bits per heavy atom. The van der Waals surface area contributed by atoms with Gasteiger partial charge < -0.3 is 10.4 Å². The molecule has 0 bridgehead atoms. The van der Waals surface area contributed by atoms with Crippen molar-refractivity contribution in [1.29, 1.82) is 0 Å². The van der Waals surface area contributed by atoms with Gasteiger partial charge >= 0.3 is 0 Å². The molecular formula is C17H20FNO2. The maximum atomic E-state index is 13.9. The second-order valence-electron chi connectivity index (χ2n) is 5.33. The van der Waals surface area contributed by atoms with Crippen LogP contribution in [0.5, 0.6) is 0 Å². The smallest absolute Gasteiger partial charge is 0.254 e. The predicted molar refractivity (Wildman–Crippen MR) is 79.3 cm³/mol. The highest BCUT2D eigenvalue weighted by atomic mass is 19.1. The molecule has 1 aromatic rings. The fourth-order valence-electron chi connectivity index (χ4n) is 2.54. The quantitative estimate of drug-likeness (QED) is 0.837. The lowest BCUT2D eigenvalue weighted by molar-refractivity contribution is 0.0943. The van der Waals surface area contributed by atoms with Crippen LogP contribution < -0.4 is 5.32 Å². The second-order valence-corrected chi connectivity index (χ2v) is 5.33. The van der Waals surface area contributed by atoms with E-state index in [1.165, 1.54) is 25.0 Å². The van der Waals surface area contributed by atoms with Gasteiger partial charge in [0.1, 0.15) is 5.82 Å². The molecule has 2 rings (SSSR count). The molecule has 0 heterocycles. The molecule has 1 amide bonds. The molecule has 1 aliphatic carbocycles. The van der Waals surface area contributed by atoms with Crippen molar-refractivity contribution >= 4 is 5.91 Å². The van der Waals surface area contributed by atoms with Crippen molar-refractivity contribution in [3.63, 3.8) is 0 Å². The van der Waals surface area contributed by atoms with Gasteiger partial charge in [-0.3, -0.25) is 4.79 Å². The van der Waals surface area contributed by atoms with Gasteiger partial charge in [-0.15, -0.1) is 0 Å². The van der Waals surface area contributed by atoms with Crippen molar-refractivity contribution in [2.75, 3.05) is 13.2 Å². The summed E-state index contributed by atoms with van der Waals surface area (Å²) in [5.41, 5.74) is 0.564. The van der Waals surface area contributed by atoms with E-state index in [4.69, 9.17) is 5.11 Å². The van der Waals surface area contributed by atoms with Crippen LogP contribution in [0.3, 0.4) is 0 Å². The molecule has 1 aliphatic rings. The van der Waals surface area contributed by atoms with E-state index in [0.717, 1.165) is 12.8 Å². The maximum absolute atomic E-state index is 13.9. The van der Waals surface area contributed by atoms with Crippen molar-refractivity contribution in [3.8, 4) is 11.8 Å². The van der Waals surface area contributed by atoms with E-state index < -0.39 is 5.82 Å². The summed E-state index contributed by atoms with van der Waals surface area (Å²) >= 11 is 0. The monoisotopic (exact) mass is 289 g/mol. The standard InChI is InChI=1S/C17H20FNO2/c18-16-11-13(5-3-4-10-20)8-9-15(16)17(21)19-12-14-6-1-2-7-14/h8-9,11,14,20H,1-2,4,6-7,10,12H2,(H,19,21). The van der Waals surface area contributed by atoms with Crippen LogP contribution in [0, 0.1) is 23.6 Å². The summed E-state index contributed by atoms with van der Waals surface area (Å²) in [4.78, 5) is 12.0. The minimum atomic E-state index is -0.560. The first-order valence-corrected chi connectivity index (χ1v) is 7.38. The second kappa shape index (κ2) is 7.80. The average Bonchev–Trinajstić information content (AvgIpc) is 2.98. The van der Waals surface area contributed by atoms with Crippen LogP contribution in [0.4, 0.5) is 4.39 Å². The van der Waals surface area contributed by atoms with E-state index in [1.807, 2.05) is 0 Å². The van der Waals surface area contributed by atoms with Gasteiger partial charge in [0, 0.05) is 18.5 Å². The lowest BCUT2D eigenvalue weighted by Crippen LogP contribution is -2.29. The molecule has 0 aromatic heterocycles. The Kier molecular flexibility index (Phi) is 5.77. The van der Waals surface area contributed by atoms with E-state index in [-0.39, 0.29) is 18.1 Å². The third-order valence-corrected chi connectivity index (χ3v) is 3.71. The number of aliphatic hydroxyl groups excluding tert-OH is 1. The van der Waals surface area contributed by atoms with Gasteiger partial charge in [-0.2, -0.15) is 0 Å². The first kappa shape index (κ1) is 15.5.